The zero-order valence-electron chi connectivity index (χ0n) is 9.17. The van der Waals surface area contributed by atoms with Crippen LogP contribution < -0.4 is 0 Å². The van der Waals surface area contributed by atoms with Crippen molar-refractivity contribution in [3.8, 4) is 0 Å². The van der Waals surface area contributed by atoms with Crippen LogP contribution in [-0.4, -0.2) is 5.78 Å². The predicted octanol–water partition coefficient (Wildman–Crippen LogP) is 4.21. The van der Waals surface area contributed by atoms with Crippen LogP contribution in [-0.2, 0) is 0 Å². The van der Waals surface area contributed by atoms with E-state index in [2.05, 4.69) is 22.9 Å². The van der Waals surface area contributed by atoms with Gasteiger partial charge in [-0.3, -0.25) is 4.79 Å². The molecule has 0 spiro atoms. The van der Waals surface area contributed by atoms with E-state index in [1.54, 1.807) is 12.1 Å². The van der Waals surface area contributed by atoms with Crippen LogP contribution in [0.15, 0.2) is 22.7 Å². The van der Waals surface area contributed by atoms with Gasteiger partial charge >= 0.3 is 0 Å². The van der Waals surface area contributed by atoms with E-state index in [0.717, 1.165) is 19.3 Å². The molecule has 1 fully saturated rings. The quantitative estimate of drug-likeness (QED) is 0.744. The lowest BCUT2D eigenvalue weighted by atomic mass is 9.90. The minimum atomic E-state index is -0.323. The van der Waals surface area contributed by atoms with Gasteiger partial charge < -0.3 is 0 Å². The van der Waals surface area contributed by atoms with Crippen LogP contribution in [0.4, 0.5) is 4.39 Å². The molecule has 0 aromatic heterocycles. The molecule has 1 aromatic rings. The molecule has 3 heteroatoms. The molecule has 2 unspecified atom stereocenters. The zero-order chi connectivity index (χ0) is 11.7. The molecule has 0 amide bonds. The molecule has 1 aliphatic carbocycles. The molecule has 0 heterocycles. The highest BCUT2D eigenvalue weighted by Gasteiger charge is 2.30. The van der Waals surface area contributed by atoms with Crippen molar-refractivity contribution in [2.75, 3.05) is 0 Å². The van der Waals surface area contributed by atoms with Crippen LogP contribution in [0.1, 0.15) is 36.5 Å². The molecule has 1 aliphatic rings. The first-order valence-electron chi connectivity index (χ1n) is 5.59. The summed E-state index contributed by atoms with van der Waals surface area (Å²) in [5, 5.41) is 0. The van der Waals surface area contributed by atoms with Gasteiger partial charge in [0.1, 0.15) is 5.82 Å². The molecule has 0 saturated heterocycles. The Morgan fingerprint density at radius 1 is 1.44 bits per heavy atom. The summed E-state index contributed by atoms with van der Waals surface area (Å²) >= 11 is 3.11. The van der Waals surface area contributed by atoms with Crippen molar-refractivity contribution in [3.05, 3.63) is 34.1 Å². The molecule has 0 bridgehead atoms. The standard InChI is InChI=1S/C13H14BrFO/c1-8-3-2-4-10(8)13(16)9-5-6-12(15)11(14)7-9/h5-8,10H,2-4H2,1H3. The second-order valence-electron chi connectivity index (χ2n) is 4.51. The highest BCUT2D eigenvalue weighted by Crippen LogP contribution is 2.34. The Kier molecular flexibility index (Phi) is 3.43. The van der Waals surface area contributed by atoms with Crippen molar-refractivity contribution < 1.29 is 9.18 Å². The number of benzene rings is 1. The van der Waals surface area contributed by atoms with Crippen molar-refractivity contribution in [2.24, 2.45) is 11.8 Å². The zero-order valence-corrected chi connectivity index (χ0v) is 10.8. The number of hydrogen-bond acceptors (Lipinski definition) is 1. The van der Waals surface area contributed by atoms with Gasteiger partial charge in [0.2, 0.25) is 0 Å². The summed E-state index contributed by atoms with van der Waals surface area (Å²) in [5.41, 5.74) is 0.618. The summed E-state index contributed by atoms with van der Waals surface area (Å²) in [7, 11) is 0. The van der Waals surface area contributed by atoms with E-state index in [9.17, 15) is 9.18 Å². The molecule has 16 heavy (non-hydrogen) atoms. The molecule has 1 nitrogen and oxygen atoms in total. The van der Waals surface area contributed by atoms with Crippen LogP contribution in [0.25, 0.3) is 0 Å². The number of carbonyl (C=O) groups is 1. The van der Waals surface area contributed by atoms with E-state index >= 15 is 0 Å². The summed E-state index contributed by atoms with van der Waals surface area (Å²) in [6, 6.07) is 4.51. The van der Waals surface area contributed by atoms with Crippen molar-refractivity contribution >= 4 is 21.7 Å². The fraction of sp³-hybridized carbons (Fsp3) is 0.462. The second kappa shape index (κ2) is 4.66. The average molecular weight is 285 g/mol. The van der Waals surface area contributed by atoms with Crippen molar-refractivity contribution in [3.63, 3.8) is 0 Å². The maximum atomic E-state index is 13.1. The van der Waals surface area contributed by atoms with Gasteiger partial charge in [-0.1, -0.05) is 13.3 Å². The molecular formula is C13H14BrFO. The lowest BCUT2D eigenvalue weighted by molar-refractivity contribution is 0.0897. The molecule has 2 rings (SSSR count). The van der Waals surface area contributed by atoms with Crippen molar-refractivity contribution in [2.45, 2.75) is 26.2 Å². The Morgan fingerprint density at radius 2 is 2.19 bits per heavy atom. The van der Waals surface area contributed by atoms with Gasteiger partial charge in [0.15, 0.2) is 5.78 Å². The number of halogens is 2. The fourth-order valence-electron chi connectivity index (χ4n) is 2.40. The monoisotopic (exact) mass is 284 g/mol. The molecule has 2 atom stereocenters. The SMILES string of the molecule is CC1CCCC1C(=O)c1ccc(F)c(Br)c1. The van der Waals surface area contributed by atoms with Gasteiger partial charge in [0.25, 0.3) is 0 Å². The van der Waals surface area contributed by atoms with Crippen LogP contribution >= 0.6 is 15.9 Å². The first-order chi connectivity index (χ1) is 7.59. The number of hydrogen-bond donors (Lipinski definition) is 0. The average Bonchev–Trinajstić information content (AvgIpc) is 2.67. The van der Waals surface area contributed by atoms with E-state index in [1.807, 2.05) is 0 Å². The van der Waals surface area contributed by atoms with E-state index in [4.69, 9.17) is 0 Å². The van der Waals surface area contributed by atoms with Crippen LogP contribution in [0.2, 0.25) is 0 Å². The lowest BCUT2D eigenvalue weighted by Gasteiger charge is -2.14. The largest absolute Gasteiger partial charge is 0.294 e. The Balaban J connectivity index is 2.23. The highest BCUT2D eigenvalue weighted by molar-refractivity contribution is 9.10. The predicted molar refractivity (Wildman–Crippen MR) is 64.9 cm³/mol. The molecule has 86 valence electrons. The summed E-state index contributed by atoms with van der Waals surface area (Å²) in [4.78, 5) is 12.2. The van der Waals surface area contributed by atoms with Gasteiger partial charge in [0.05, 0.1) is 4.47 Å². The van der Waals surface area contributed by atoms with Gasteiger partial charge in [0, 0.05) is 11.5 Å². The topological polar surface area (TPSA) is 17.1 Å². The summed E-state index contributed by atoms with van der Waals surface area (Å²) in [6.07, 6.45) is 3.22. The summed E-state index contributed by atoms with van der Waals surface area (Å²) in [6.45, 7) is 2.12. The fourth-order valence-corrected chi connectivity index (χ4v) is 2.78. The van der Waals surface area contributed by atoms with Gasteiger partial charge in [-0.2, -0.15) is 0 Å². The number of ketones is 1. The third kappa shape index (κ3) is 2.19. The Labute approximate surface area is 103 Å². The minimum Gasteiger partial charge on any atom is -0.294 e. The highest BCUT2D eigenvalue weighted by atomic mass is 79.9. The summed E-state index contributed by atoms with van der Waals surface area (Å²) in [5.74, 6) is 0.412. The van der Waals surface area contributed by atoms with E-state index in [-0.39, 0.29) is 17.5 Å². The lowest BCUT2D eigenvalue weighted by Crippen LogP contribution is -2.17. The minimum absolute atomic E-state index is 0.123. The Morgan fingerprint density at radius 3 is 2.75 bits per heavy atom. The number of rotatable bonds is 2. The number of carbonyl (C=O) groups excluding carboxylic acids is 1. The Hall–Kier alpha value is -0.700. The molecule has 1 aromatic carbocycles. The van der Waals surface area contributed by atoms with E-state index in [1.165, 1.54) is 6.07 Å². The number of Topliss-reactive ketones (excluding diaryl/α,β-unsaturated/α-hetero) is 1. The molecule has 0 aliphatic heterocycles. The van der Waals surface area contributed by atoms with E-state index in [0.29, 0.717) is 16.0 Å². The van der Waals surface area contributed by atoms with Gasteiger partial charge in [-0.15, -0.1) is 0 Å². The molecular weight excluding hydrogens is 271 g/mol. The molecule has 1 saturated carbocycles. The molecule has 0 radical (unpaired) electrons. The third-order valence-electron chi connectivity index (χ3n) is 3.40. The van der Waals surface area contributed by atoms with Crippen molar-refractivity contribution in [1.29, 1.82) is 0 Å². The maximum Gasteiger partial charge on any atom is 0.166 e. The first kappa shape index (κ1) is 11.8. The Bertz CT molecular complexity index is 416. The normalized spacial score (nSPS) is 24.7. The van der Waals surface area contributed by atoms with Crippen LogP contribution in [0, 0.1) is 17.7 Å². The van der Waals surface area contributed by atoms with E-state index < -0.39 is 0 Å². The van der Waals surface area contributed by atoms with Crippen LogP contribution in [0.5, 0.6) is 0 Å². The van der Waals surface area contributed by atoms with Crippen molar-refractivity contribution in [1.82, 2.24) is 0 Å². The third-order valence-corrected chi connectivity index (χ3v) is 4.01. The second-order valence-corrected chi connectivity index (χ2v) is 5.36. The van der Waals surface area contributed by atoms with Gasteiger partial charge in [-0.25, -0.2) is 4.39 Å². The van der Waals surface area contributed by atoms with Crippen LogP contribution in [0.3, 0.4) is 0 Å². The molecule has 0 N–H and O–H groups in total. The summed E-state index contributed by atoms with van der Waals surface area (Å²) < 4.78 is 13.4. The van der Waals surface area contributed by atoms with Gasteiger partial charge in [-0.05, 0) is 52.9 Å². The first-order valence-corrected chi connectivity index (χ1v) is 6.38. The maximum absolute atomic E-state index is 13.1. The smallest absolute Gasteiger partial charge is 0.166 e.